The number of rotatable bonds is 4. The maximum absolute atomic E-state index is 7.13. The van der Waals surface area contributed by atoms with Gasteiger partial charge in [-0.05, 0) is 63.8 Å². The van der Waals surface area contributed by atoms with Gasteiger partial charge in [0.25, 0.3) is 0 Å². The largest absolute Gasteiger partial charge is 0.753 e. The first-order chi connectivity index (χ1) is 17.5. The Balaban J connectivity index is 0.000000566. The van der Waals surface area contributed by atoms with E-state index in [4.69, 9.17) is 34.0 Å². The summed E-state index contributed by atoms with van der Waals surface area (Å²) < 4.78 is 0. The molecule has 6 nitrogen and oxygen atoms in total. The molecule has 2 aliphatic carbocycles. The van der Waals surface area contributed by atoms with E-state index in [2.05, 4.69) is 57.5 Å². The van der Waals surface area contributed by atoms with E-state index >= 15 is 0 Å². The van der Waals surface area contributed by atoms with E-state index in [0.717, 1.165) is 64.5 Å². The number of aliphatic imine (C=N–C) groups is 2. The number of hydrogen-bond acceptors (Lipinski definition) is 4. The maximum atomic E-state index is 7.13. The van der Waals surface area contributed by atoms with E-state index in [-0.39, 0.29) is 17.1 Å². The van der Waals surface area contributed by atoms with Gasteiger partial charge in [0.2, 0.25) is 0 Å². The number of halogens is 2. The van der Waals surface area contributed by atoms with Gasteiger partial charge in [-0.2, -0.15) is 10.3 Å². The Kier molecular flexibility index (Phi) is 24.9. The van der Waals surface area contributed by atoms with Crippen LogP contribution in [0.25, 0.3) is 21.5 Å². The van der Waals surface area contributed by atoms with Gasteiger partial charge in [-0.15, -0.1) is 36.3 Å². The molecule has 0 bridgehead atoms. The molecule has 211 valence electrons. The van der Waals surface area contributed by atoms with Gasteiger partial charge in [-0.3, -0.25) is 9.98 Å². The second-order valence-electron chi connectivity index (χ2n) is 9.53. The summed E-state index contributed by atoms with van der Waals surface area (Å²) in [4.78, 5) is 9.33. The van der Waals surface area contributed by atoms with Crippen molar-refractivity contribution in [1.29, 1.82) is 0 Å². The van der Waals surface area contributed by atoms with E-state index in [1.165, 1.54) is 48.8 Å². The summed E-state index contributed by atoms with van der Waals surface area (Å²) >= 11 is 19.5. The first-order valence-electron chi connectivity index (χ1n) is 13.2. The Hall–Kier alpha value is -0.0405. The number of piperidine rings is 2. The van der Waals surface area contributed by atoms with Crippen LogP contribution >= 0.6 is 47.6 Å². The van der Waals surface area contributed by atoms with Gasteiger partial charge in [0.05, 0.1) is 0 Å². The first kappa shape index (κ1) is 37.0. The van der Waals surface area contributed by atoms with Crippen LogP contribution in [-0.4, -0.2) is 70.8 Å². The van der Waals surface area contributed by atoms with Crippen LogP contribution in [0.15, 0.2) is 9.98 Å². The second-order valence-corrected chi connectivity index (χ2v) is 11.1. The summed E-state index contributed by atoms with van der Waals surface area (Å²) in [5.74, 6) is 0. The molecule has 4 aliphatic rings. The summed E-state index contributed by atoms with van der Waals surface area (Å²) in [6.07, 6.45) is 20.9. The van der Waals surface area contributed by atoms with Crippen molar-refractivity contribution < 1.29 is 17.1 Å². The van der Waals surface area contributed by atoms with Gasteiger partial charge in [0.1, 0.15) is 0 Å². The van der Waals surface area contributed by atoms with Crippen molar-refractivity contribution in [1.82, 2.24) is 0 Å². The van der Waals surface area contributed by atoms with Crippen molar-refractivity contribution in [3.05, 3.63) is 21.5 Å². The van der Waals surface area contributed by atoms with E-state index in [1.807, 2.05) is 0 Å². The number of isothiocyanates is 2. The summed E-state index contributed by atoms with van der Waals surface area (Å²) in [5.41, 5.74) is 0. The summed E-state index contributed by atoms with van der Waals surface area (Å²) in [6, 6.07) is 1.87. The Morgan fingerprint density at radius 3 is 1.22 bits per heavy atom. The maximum Gasteiger partial charge on any atom is 0.0496 e. The zero-order chi connectivity index (χ0) is 26.4. The Morgan fingerprint density at radius 1 is 0.622 bits per heavy atom. The fourth-order valence-electron chi connectivity index (χ4n) is 4.68. The van der Waals surface area contributed by atoms with Gasteiger partial charge in [-0.1, -0.05) is 75.0 Å². The number of alkyl halides is 2. The standard InChI is InChI=1S/2C12H20ClN2.2CNS.Mn/c2*13-10-4-6-11(7-5-10)15-9-12-3-1-2-8-14-12;2*2-1-3;/h2*9-12H,1-8H2;;;/q4*-1;. The molecule has 0 aromatic heterocycles. The Bertz CT molecular complexity index is 617. The van der Waals surface area contributed by atoms with Crippen LogP contribution in [0, 0.1) is 0 Å². The van der Waals surface area contributed by atoms with Crippen molar-refractivity contribution in [2.75, 3.05) is 13.1 Å². The number of hydrogen-bond donors (Lipinski definition) is 0. The molecule has 0 N–H and O–H groups in total. The molecular weight excluding hydrogens is 586 g/mol. The number of nitrogens with zero attached hydrogens (tertiary/aromatic N) is 6. The van der Waals surface area contributed by atoms with Crippen LogP contribution in [0.2, 0.25) is 0 Å². The third kappa shape index (κ3) is 19.6. The summed E-state index contributed by atoms with van der Waals surface area (Å²) in [6.45, 7) is 2.07. The van der Waals surface area contributed by atoms with Crippen LogP contribution in [0.5, 0.6) is 0 Å². The molecule has 37 heavy (non-hydrogen) atoms. The van der Waals surface area contributed by atoms with E-state index < -0.39 is 0 Å². The van der Waals surface area contributed by atoms with Crippen LogP contribution in [0.4, 0.5) is 0 Å². The molecule has 0 aromatic carbocycles. The predicted molar refractivity (Wildman–Crippen MR) is 164 cm³/mol. The van der Waals surface area contributed by atoms with Crippen molar-refractivity contribution in [3.8, 4) is 0 Å². The van der Waals surface area contributed by atoms with Crippen LogP contribution in [-0.2, 0) is 17.1 Å². The van der Waals surface area contributed by atoms with Gasteiger partial charge in [0, 0.05) is 39.9 Å². The summed E-state index contributed by atoms with van der Waals surface area (Å²) in [7, 11) is 0. The fraction of sp³-hybridized carbons (Fsp3) is 0.846. The average Bonchev–Trinajstić information content (AvgIpc) is 2.91. The SMILES string of the molecule is ClC1CCC(N=CC2CCCC[N-]2)CC1.ClC1CCC(N=CC2CCCC[N-]2)CC1.[Mn].[N-]=C=S.[N-]=C=S. The monoisotopic (exact) mass is 625 g/mol. The molecule has 2 heterocycles. The smallest absolute Gasteiger partial charge is 0.0496 e. The molecule has 11 heteroatoms. The molecule has 1 radical (unpaired) electrons. The van der Waals surface area contributed by atoms with Crippen LogP contribution in [0.1, 0.15) is 89.9 Å². The third-order valence-electron chi connectivity index (χ3n) is 6.73. The molecule has 0 amide bonds. The van der Waals surface area contributed by atoms with Gasteiger partial charge < -0.3 is 21.5 Å². The molecule has 0 aromatic rings. The fourth-order valence-corrected chi connectivity index (χ4v) is 5.19. The zero-order valence-corrected chi connectivity index (χ0v) is 25.9. The van der Waals surface area contributed by atoms with Crippen molar-refractivity contribution in [2.24, 2.45) is 9.98 Å². The molecule has 0 spiro atoms. The quantitative estimate of drug-likeness (QED) is 0.136. The molecule has 2 aliphatic heterocycles. The molecular formula is C26H40Cl2MnN6S2-4. The van der Waals surface area contributed by atoms with E-state index in [9.17, 15) is 0 Å². The van der Waals surface area contributed by atoms with E-state index in [1.54, 1.807) is 0 Å². The van der Waals surface area contributed by atoms with Crippen molar-refractivity contribution in [2.45, 2.75) is 125 Å². The predicted octanol–water partition coefficient (Wildman–Crippen LogP) is 8.38. The average molecular weight is 627 g/mol. The molecule has 2 atom stereocenters. The van der Waals surface area contributed by atoms with Crippen molar-refractivity contribution >= 4 is 70.4 Å². The first-order valence-corrected chi connectivity index (χ1v) is 14.9. The molecule has 2 saturated carbocycles. The van der Waals surface area contributed by atoms with Crippen LogP contribution < -0.4 is 0 Å². The topological polar surface area (TPSA) is 97.5 Å². The molecule has 2 saturated heterocycles. The van der Waals surface area contributed by atoms with E-state index in [0.29, 0.717) is 34.9 Å². The molecule has 2 unspecified atom stereocenters. The minimum absolute atomic E-state index is 0. The third-order valence-corrected chi connectivity index (χ3v) is 7.61. The number of thiocarbonyl (C=S) groups is 2. The Labute approximate surface area is 255 Å². The van der Waals surface area contributed by atoms with Gasteiger partial charge in [0.15, 0.2) is 0 Å². The second kappa shape index (κ2) is 25.0. The van der Waals surface area contributed by atoms with Gasteiger partial charge >= 0.3 is 0 Å². The summed E-state index contributed by atoms with van der Waals surface area (Å²) in [5, 5.41) is 26.8. The molecule has 4 rings (SSSR count). The van der Waals surface area contributed by atoms with Crippen LogP contribution in [0.3, 0.4) is 0 Å². The normalized spacial score (nSPS) is 31.5. The Morgan fingerprint density at radius 2 is 0.946 bits per heavy atom. The minimum Gasteiger partial charge on any atom is -0.753 e. The minimum atomic E-state index is 0. The molecule has 4 fully saturated rings. The van der Waals surface area contributed by atoms with Crippen molar-refractivity contribution in [3.63, 3.8) is 0 Å². The van der Waals surface area contributed by atoms with Gasteiger partial charge in [-0.25, -0.2) is 0 Å². The zero-order valence-electron chi connectivity index (χ0n) is 21.6.